The Morgan fingerprint density at radius 2 is 1.93 bits per heavy atom. The number of carbonyl (C=O) groups excluding carboxylic acids is 2. The number of nitrogens with one attached hydrogen (secondary N) is 3. The predicted molar refractivity (Wildman–Crippen MR) is 111 cm³/mol. The zero-order valence-corrected chi connectivity index (χ0v) is 17.0. The number of aromatic nitrogens is 1. The summed E-state index contributed by atoms with van der Waals surface area (Å²) in [5, 5.41) is 6.65. The number of fused-ring (bicyclic) bond motifs is 1. The first kappa shape index (κ1) is 19.3. The van der Waals surface area contributed by atoms with Crippen LogP contribution < -0.4 is 15.5 Å². The van der Waals surface area contributed by atoms with Crippen LogP contribution in [0.5, 0.6) is 0 Å². The lowest BCUT2D eigenvalue weighted by Crippen LogP contribution is -3.14. The van der Waals surface area contributed by atoms with Crippen LogP contribution in [0.15, 0.2) is 24.3 Å². The lowest BCUT2D eigenvalue weighted by molar-refractivity contribution is -0.898. The number of thiazole rings is 1. The van der Waals surface area contributed by atoms with Crippen LogP contribution in [0, 0.1) is 0 Å². The number of carbonyl (C=O) groups is 2. The second kappa shape index (κ2) is 9.01. The number of urea groups is 1. The zero-order valence-electron chi connectivity index (χ0n) is 16.2. The van der Waals surface area contributed by atoms with E-state index in [2.05, 4.69) is 22.8 Å². The van der Waals surface area contributed by atoms with E-state index in [0.717, 1.165) is 57.1 Å². The predicted octanol–water partition coefficient (Wildman–Crippen LogP) is 2.22. The van der Waals surface area contributed by atoms with Crippen molar-refractivity contribution in [2.45, 2.75) is 56.9 Å². The topological polar surface area (TPSA) is 75.5 Å². The fraction of sp³-hybridized carbons (Fsp3) is 0.571. The number of amides is 3. The molecule has 1 unspecified atom stereocenters. The molecule has 28 heavy (non-hydrogen) atoms. The average molecular weight is 402 g/mol. The first-order valence-electron chi connectivity index (χ1n) is 10.5. The maximum Gasteiger partial charge on any atom is 0.321 e. The second-order valence-electron chi connectivity index (χ2n) is 8.10. The van der Waals surface area contributed by atoms with Gasteiger partial charge in [-0.05, 0) is 37.8 Å². The van der Waals surface area contributed by atoms with Gasteiger partial charge in [0.1, 0.15) is 5.01 Å². The van der Waals surface area contributed by atoms with Gasteiger partial charge in [0.2, 0.25) is 0 Å². The number of imide groups is 1. The molecular formula is C21H29N4O2S+. The maximum absolute atomic E-state index is 12.3. The van der Waals surface area contributed by atoms with Gasteiger partial charge >= 0.3 is 6.03 Å². The fourth-order valence-corrected chi connectivity index (χ4v) is 5.56. The van der Waals surface area contributed by atoms with Crippen LogP contribution in [0.4, 0.5) is 4.79 Å². The summed E-state index contributed by atoms with van der Waals surface area (Å²) in [6, 6.07) is 8.12. The Balaban J connectivity index is 1.28. The van der Waals surface area contributed by atoms with Crippen molar-refractivity contribution in [2.24, 2.45) is 0 Å². The minimum Gasteiger partial charge on any atom is -0.335 e. The van der Waals surface area contributed by atoms with Crippen LogP contribution >= 0.6 is 11.3 Å². The van der Waals surface area contributed by atoms with E-state index in [1.807, 2.05) is 12.1 Å². The van der Waals surface area contributed by atoms with Crippen molar-refractivity contribution < 1.29 is 14.5 Å². The molecule has 0 bridgehead atoms. The number of benzene rings is 1. The molecule has 4 rings (SSSR count). The molecule has 3 amide bonds. The number of quaternary nitrogens is 1. The Bertz CT molecular complexity index is 798. The molecule has 1 aromatic carbocycles. The molecule has 2 fully saturated rings. The highest BCUT2D eigenvalue weighted by atomic mass is 32.1. The number of piperidine rings is 1. The average Bonchev–Trinajstić information content (AvgIpc) is 3.13. The van der Waals surface area contributed by atoms with Crippen LogP contribution in [0.3, 0.4) is 0 Å². The summed E-state index contributed by atoms with van der Waals surface area (Å²) in [6.45, 7) is 2.22. The number of hydrogen-bond donors (Lipinski definition) is 3. The van der Waals surface area contributed by atoms with Crippen molar-refractivity contribution in [3.05, 3.63) is 29.3 Å². The van der Waals surface area contributed by atoms with E-state index in [0.29, 0.717) is 12.5 Å². The van der Waals surface area contributed by atoms with Gasteiger partial charge in [-0.3, -0.25) is 10.1 Å². The van der Waals surface area contributed by atoms with Crippen LogP contribution in [0.1, 0.15) is 55.9 Å². The molecule has 0 spiro atoms. The monoisotopic (exact) mass is 401 g/mol. The van der Waals surface area contributed by atoms with Gasteiger partial charge in [-0.15, -0.1) is 11.3 Å². The molecular weight excluding hydrogens is 372 g/mol. The number of rotatable bonds is 4. The molecule has 1 aliphatic heterocycles. The number of hydrogen-bond acceptors (Lipinski definition) is 4. The molecule has 2 aromatic rings. The van der Waals surface area contributed by atoms with Crippen LogP contribution in [-0.2, 0) is 4.79 Å². The Morgan fingerprint density at radius 1 is 1.11 bits per heavy atom. The van der Waals surface area contributed by atoms with Crippen molar-refractivity contribution in [1.29, 1.82) is 0 Å². The highest BCUT2D eigenvalue weighted by molar-refractivity contribution is 7.18. The van der Waals surface area contributed by atoms with Gasteiger partial charge in [0.25, 0.3) is 5.91 Å². The van der Waals surface area contributed by atoms with Crippen molar-refractivity contribution in [2.75, 3.05) is 19.6 Å². The van der Waals surface area contributed by atoms with E-state index in [-0.39, 0.29) is 18.0 Å². The Hall–Kier alpha value is -1.99. The highest BCUT2D eigenvalue weighted by Gasteiger charge is 2.29. The standard InChI is InChI=1S/C21H28N4O2S/c26-19(24-21(27)22-16-8-2-1-3-9-16)14-25-12-6-7-15(13-25)20-23-17-10-4-5-11-18(17)28-20/h4-5,10-11,15-16H,1-3,6-9,12-14H2,(H2,22,24,26,27)/p+1/t15-/m1/s1. The number of para-hydroxylation sites is 1. The summed E-state index contributed by atoms with van der Waals surface area (Å²) in [6.07, 6.45) is 7.79. The van der Waals surface area contributed by atoms with E-state index in [1.165, 1.54) is 21.0 Å². The molecule has 3 N–H and O–H groups in total. The molecule has 1 aromatic heterocycles. The number of nitrogens with zero attached hydrogens (tertiary/aromatic N) is 1. The van der Waals surface area contributed by atoms with E-state index in [9.17, 15) is 9.59 Å². The molecule has 6 nitrogen and oxygen atoms in total. The van der Waals surface area contributed by atoms with Gasteiger partial charge in [-0.1, -0.05) is 31.4 Å². The summed E-state index contributed by atoms with van der Waals surface area (Å²) in [7, 11) is 0. The maximum atomic E-state index is 12.3. The van der Waals surface area contributed by atoms with Crippen LogP contribution in [0.25, 0.3) is 10.2 Å². The summed E-state index contributed by atoms with van der Waals surface area (Å²) in [5.41, 5.74) is 1.06. The molecule has 2 aliphatic rings. The Kier molecular flexibility index (Phi) is 6.22. The van der Waals surface area contributed by atoms with Gasteiger partial charge in [-0.2, -0.15) is 0 Å². The first-order chi connectivity index (χ1) is 13.7. The molecule has 150 valence electrons. The van der Waals surface area contributed by atoms with Crippen molar-refractivity contribution in [1.82, 2.24) is 15.6 Å². The molecule has 7 heteroatoms. The molecule has 1 saturated carbocycles. The van der Waals surface area contributed by atoms with Crippen LogP contribution in [-0.4, -0.2) is 42.6 Å². The third-order valence-electron chi connectivity index (χ3n) is 5.88. The lowest BCUT2D eigenvalue weighted by Gasteiger charge is -2.28. The largest absolute Gasteiger partial charge is 0.335 e. The SMILES string of the molecule is O=C(C[NH+]1CCC[C@@H](c2nc3ccccc3s2)C1)NC(=O)NC1CCCCC1. The van der Waals surface area contributed by atoms with Gasteiger partial charge in [-0.25, -0.2) is 9.78 Å². The van der Waals surface area contributed by atoms with Crippen molar-refractivity contribution in [3.8, 4) is 0 Å². The minimum atomic E-state index is -0.337. The smallest absolute Gasteiger partial charge is 0.321 e. The summed E-state index contributed by atoms with van der Waals surface area (Å²) in [5.74, 6) is 0.207. The minimum absolute atomic E-state index is 0.187. The molecule has 2 atom stereocenters. The van der Waals surface area contributed by atoms with E-state index < -0.39 is 0 Å². The summed E-state index contributed by atoms with van der Waals surface area (Å²) >= 11 is 1.77. The quantitative estimate of drug-likeness (QED) is 0.735. The lowest BCUT2D eigenvalue weighted by atomic mass is 9.96. The highest BCUT2D eigenvalue weighted by Crippen LogP contribution is 2.30. The Labute approximate surface area is 169 Å². The van der Waals surface area contributed by atoms with Crippen LogP contribution in [0.2, 0.25) is 0 Å². The molecule has 1 saturated heterocycles. The molecule has 1 aliphatic carbocycles. The second-order valence-corrected chi connectivity index (χ2v) is 9.16. The third-order valence-corrected chi connectivity index (χ3v) is 7.08. The Morgan fingerprint density at radius 3 is 2.75 bits per heavy atom. The molecule has 0 radical (unpaired) electrons. The van der Waals surface area contributed by atoms with Gasteiger partial charge < -0.3 is 10.2 Å². The van der Waals surface area contributed by atoms with E-state index in [4.69, 9.17) is 4.98 Å². The van der Waals surface area contributed by atoms with E-state index in [1.54, 1.807) is 11.3 Å². The fourth-order valence-electron chi connectivity index (χ4n) is 4.45. The van der Waals surface area contributed by atoms with E-state index >= 15 is 0 Å². The first-order valence-corrected chi connectivity index (χ1v) is 11.3. The normalized spacial score (nSPS) is 23.4. The van der Waals surface area contributed by atoms with Crippen molar-refractivity contribution in [3.63, 3.8) is 0 Å². The zero-order chi connectivity index (χ0) is 19.3. The molecule has 2 heterocycles. The van der Waals surface area contributed by atoms with Gasteiger partial charge in [0.15, 0.2) is 6.54 Å². The van der Waals surface area contributed by atoms with Gasteiger partial charge in [0, 0.05) is 6.04 Å². The summed E-state index contributed by atoms with van der Waals surface area (Å²) < 4.78 is 1.22. The van der Waals surface area contributed by atoms with Gasteiger partial charge in [0.05, 0.1) is 29.2 Å². The number of likely N-dealkylation sites (tertiary alicyclic amines) is 1. The third kappa shape index (κ3) is 4.89. The summed E-state index contributed by atoms with van der Waals surface area (Å²) in [4.78, 5) is 30.5. The van der Waals surface area contributed by atoms with Crippen molar-refractivity contribution >= 4 is 33.5 Å².